The molecule has 0 aliphatic carbocycles. The Kier molecular flexibility index (Phi) is 7.28. The zero-order valence-corrected chi connectivity index (χ0v) is 22.8. The largest absolute Gasteiger partial charge is 0.416 e. The fourth-order valence-corrected chi connectivity index (χ4v) is 5.99. The van der Waals surface area contributed by atoms with Crippen LogP contribution in [-0.2, 0) is 20.5 Å². The van der Waals surface area contributed by atoms with Crippen LogP contribution in [0.15, 0.2) is 30.3 Å². The van der Waals surface area contributed by atoms with Crippen molar-refractivity contribution in [3.05, 3.63) is 46.6 Å². The maximum atomic E-state index is 13.8. The van der Waals surface area contributed by atoms with Gasteiger partial charge in [-0.15, -0.1) is 0 Å². The number of hydrogen-bond donors (Lipinski definition) is 0. The number of carbonyl (C=O) groups is 2. The number of rotatable bonds is 7. The average Bonchev–Trinajstić information content (AvgIpc) is 3.21. The first-order valence-corrected chi connectivity index (χ1v) is 13.2. The van der Waals surface area contributed by atoms with Crippen LogP contribution in [0.2, 0.25) is 5.02 Å². The second kappa shape index (κ2) is 10.3. The number of likely N-dealkylation sites (tertiary alicyclic amines) is 1. The molecule has 39 heavy (non-hydrogen) atoms. The van der Waals surface area contributed by atoms with Gasteiger partial charge in [-0.25, -0.2) is 4.98 Å². The number of aryl methyl sites for hydroxylation is 1. The number of amides is 2. The zero-order chi connectivity index (χ0) is 28.1. The first-order chi connectivity index (χ1) is 18.4. The minimum Gasteiger partial charge on any atom is -0.380 e. The summed E-state index contributed by atoms with van der Waals surface area (Å²) in [6.07, 6.45) is -4.40. The fraction of sp³-hybridized carbons (Fsp3) is 0.519. The van der Waals surface area contributed by atoms with E-state index < -0.39 is 29.6 Å². The molecule has 2 amide bonds. The Morgan fingerprint density at radius 3 is 2.59 bits per heavy atom. The lowest BCUT2D eigenvalue weighted by molar-refractivity contribution is -0.187. The van der Waals surface area contributed by atoms with Crippen LogP contribution in [0.4, 0.5) is 30.4 Å². The summed E-state index contributed by atoms with van der Waals surface area (Å²) in [6, 6.07) is 6.01. The standard InChI is InChI=1S/C27H31ClF3N5O3/c1-17-11-18(27(29,30)31)12-22(32-17)36-21(7-8-23(36)37)25(38)34(3)20-6-4-5-19(28)24(20)33(2)9-10-35-13-26(14-35)15-39-16-26/h4-6,11-12,21H,7-10,13-16H2,1-3H3. The molecule has 1 aromatic heterocycles. The first kappa shape index (κ1) is 27.7. The van der Waals surface area contributed by atoms with Crippen molar-refractivity contribution in [2.75, 3.05) is 68.2 Å². The Labute approximate surface area is 230 Å². The van der Waals surface area contributed by atoms with Gasteiger partial charge < -0.3 is 19.4 Å². The number of nitrogens with zero attached hydrogens (tertiary/aromatic N) is 5. The normalized spacial score (nSPS) is 20.6. The van der Waals surface area contributed by atoms with Crippen molar-refractivity contribution in [2.45, 2.75) is 32.0 Å². The molecule has 0 saturated carbocycles. The third-order valence-corrected chi connectivity index (χ3v) is 8.04. The molecular formula is C27H31ClF3N5O3. The van der Waals surface area contributed by atoms with Crippen LogP contribution in [0.25, 0.3) is 0 Å². The van der Waals surface area contributed by atoms with E-state index in [4.69, 9.17) is 16.3 Å². The molecule has 2 aromatic rings. The number of alkyl halides is 3. The third kappa shape index (κ3) is 5.31. The molecular weight excluding hydrogens is 535 g/mol. The SMILES string of the molecule is Cc1cc(C(F)(F)F)cc(N2C(=O)CCC2C(=O)N(C)c2cccc(Cl)c2N(C)CCN2CC3(COC3)C2)n1. The molecule has 210 valence electrons. The second-order valence-corrected chi connectivity index (χ2v) is 11.2. The van der Waals surface area contributed by atoms with Crippen LogP contribution >= 0.6 is 11.6 Å². The van der Waals surface area contributed by atoms with E-state index in [2.05, 4.69) is 9.88 Å². The van der Waals surface area contributed by atoms with Crippen LogP contribution < -0.4 is 14.7 Å². The van der Waals surface area contributed by atoms with Crippen molar-refractivity contribution in [2.24, 2.45) is 5.41 Å². The highest BCUT2D eigenvalue weighted by Crippen LogP contribution is 2.40. The molecule has 0 N–H and O–H groups in total. The Bertz CT molecular complexity index is 1280. The number of hydrogen-bond acceptors (Lipinski definition) is 6. The highest BCUT2D eigenvalue weighted by molar-refractivity contribution is 6.34. The molecule has 1 spiro atoms. The minimum absolute atomic E-state index is 0.0336. The number of pyridine rings is 1. The van der Waals surface area contributed by atoms with E-state index in [1.54, 1.807) is 25.2 Å². The zero-order valence-electron chi connectivity index (χ0n) is 22.1. The number of benzene rings is 1. The molecule has 5 rings (SSSR count). The van der Waals surface area contributed by atoms with Crippen LogP contribution in [0.3, 0.4) is 0 Å². The molecule has 3 fully saturated rings. The molecule has 8 nitrogen and oxygen atoms in total. The number of likely N-dealkylation sites (N-methyl/N-ethyl adjacent to an activating group) is 2. The molecule has 3 aliphatic heterocycles. The topological polar surface area (TPSA) is 69.2 Å². The van der Waals surface area contributed by atoms with Gasteiger partial charge in [0.15, 0.2) is 0 Å². The summed E-state index contributed by atoms with van der Waals surface area (Å²) >= 11 is 6.61. The van der Waals surface area contributed by atoms with E-state index >= 15 is 0 Å². The quantitative estimate of drug-likeness (QED) is 0.506. The smallest absolute Gasteiger partial charge is 0.380 e. The number of anilines is 3. The average molecular weight is 566 g/mol. The van der Waals surface area contributed by atoms with E-state index in [1.807, 2.05) is 11.9 Å². The molecule has 1 aromatic carbocycles. The summed E-state index contributed by atoms with van der Waals surface area (Å²) in [5, 5.41) is 0.469. The Morgan fingerprint density at radius 1 is 1.23 bits per heavy atom. The van der Waals surface area contributed by atoms with Crippen LogP contribution in [0, 0.1) is 12.3 Å². The van der Waals surface area contributed by atoms with Gasteiger partial charge >= 0.3 is 6.18 Å². The summed E-state index contributed by atoms with van der Waals surface area (Å²) in [6.45, 7) is 6.57. The lowest BCUT2D eigenvalue weighted by Gasteiger charge is -2.55. The summed E-state index contributed by atoms with van der Waals surface area (Å²) in [4.78, 5) is 37.6. The summed E-state index contributed by atoms with van der Waals surface area (Å²) < 4.78 is 45.7. The van der Waals surface area contributed by atoms with Crippen molar-refractivity contribution in [1.29, 1.82) is 0 Å². The van der Waals surface area contributed by atoms with Crippen LogP contribution in [-0.4, -0.2) is 81.2 Å². The number of aromatic nitrogens is 1. The molecule has 3 saturated heterocycles. The summed E-state index contributed by atoms with van der Waals surface area (Å²) in [7, 11) is 3.50. The van der Waals surface area contributed by atoms with E-state index in [0.29, 0.717) is 28.4 Å². The highest BCUT2D eigenvalue weighted by atomic mass is 35.5. The van der Waals surface area contributed by atoms with Crippen molar-refractivity contribution < 1.29 is 27.5 Å². The number of para-hydroxylation sites is 1. The number of carbonyl (C=O) groups excluding carboxylic acids is 2. The Balaban J connectivity index is 1.35. The first-order valence-electron chi connectivity index (χ1n) is 12.8. The van der Waals surface area contributed by atoms with Gasteiger partial charge in [0.1, 0.15) is 11.9 Å². The van der Waals surface area contributed by atoms with Crippen molar-refractivity contribution in [1.82, 2.24) is 9.88 Å². The van der Waals surface area contributed by atoms with Gasteiger partial charge in [0, 0.05) is 57.8 Å². The van der Waals surface area contributed by atoms with Gasteiger partial charge in [-0.05, 0) is 37.6 Å². The molecule has 0 bridgehead atoms. The van der Waals surface area contributed by atoms with E-state index in [0.717, 1.165) is 49.9 Å². The molecule has 0 radical (unpaired) electrons. The Morgan fingerprint density at radius 2 is 1.95 bits per heavy atom. The van der Waals surface area contributed by atoms with E-state index in [1.165, 1.54) is 11.8 Å². The van der Waals surface area contributed by atoms with E-state index in [9.17, 15) is 22.8 Å². The van der Waals surface area contributed by atoms with Gasteiger partial charge in [-0.2, -0.15) is 13.2 Å². The molecule has 1 unspecified atom stereocenters. The lowest BCUT2D eigenvalue weighted by atomic mass is 9.78. The lowest BCUT2D eigenvalue weighted by Crippen LogP contribution is -2.66. The predicted octanol–water partition coefficient (Wildman–Crippen LogP) is 3.99. The minimum atomic E-state index is -4.61. The highest BCUT2D eigenvalue weighted by Gasteiger charge is 2.48. The van der Waals surface area contributed by atoms with Gasteiger partial charge in [0.05, 0.1) is 35.2 Å². The summed E-state index contributed by atoms with van der Waals surface area (Å²) in [5.74, 6) is -1.05. The number of halogens is 4. The second-order valence-electron chi connectivity index (χ2n) is 10.8. The monoisotopic (exact) mass is 565 g/mol. The van der Waals surface area contributed by atoms with Crippen LogP contribution in [0.1, 0.15) is 24.1 Å². The van der Waals surface area contributed by atoms with Crippen molar-refractivity contribution in [3.63, 3.8) is 0 Å². The Hall–Kier alpha value is -2.89. The third-order valence-electron chi connectivity index (χ3n) is 7.74. The number of ether oxygens (including phenoxy) is 1. The van der Waals surface area contributed by atoms with Crippen molar-refractivity contribution in [3.8, 4) is 0 Å². The molecule has 1 atom stereocenters. The van der Waals surface area contributed by atoms with Gasteiger partial charge in [-0.1, -0.05) is 17.7 Å². The summed E-state index contributed by atoms with van der Waals surface area (Å²) in [5.41, 5.74) is 0.728. The van der Waals surface area contributed by atoms with Crippen LogP contribution in [0.5, 0.6) is 0 Å². The van der Waals surface area contributed by atoms with E-state index in [-0.39, 0.29) is 24.4 Å². The maximum absolute atomic E-state index is 13.8. The maximum Gasteiger partial charge on any atom is 0.416 e. The van der Waals surface area contributed by atoms with Gasteiger partial charge in [0.25, 0.3) is 0 Å². The molecule has 4 heterocycles. The molecule has 3 aliphatic rings. The van der Waals surface area contributed by atoms with Gasteiger partial charge in [0.2, 0.25) is 11.8 Å². The predicted molar refractivity (Wildman–Crippen MR) is 142 cm³/mol. The van der Waals surface area contributed by atoms with Crippen molar-refractivity contribution >= 4 is 40.6 Å². The fourth-order valence-electron chi connectivity index (χ4n) is 5.67. The molecule has 12 heteroatoms. The van der Waals surface area contributed by atoms with Gasteiger partial charge in [-0.3, -0.25) is 14.5 Å².